The third-order valence-corrected chi connectivity index (χ3v) is 4.50. The van der Waals surface area contributed by atoms with Crippen molar-refractivity contribution < 1.29 is 4.74 Å². The van der Waals surface area contributed by atoms with Gasteiger partial charge in [0, 0.05) is 34.3 Å². The number of anilines is 1. The Morgan fingerprint density at radius 1 is 1.16 bits per heavy atom. The second-order valence-electron chi connectivity index (χ2n) is 5.95. The van der Waals surface area contributed by atoms with E-state index in [4.69, 9.17) is 10.5 Å². The zero-order valence-electron chi connectivity index (χ0n) is 13.9. The number of H-pyrrole nitrogens is 1. The van der Waals surface area contributed by atoms with E-state index in [0.717, 1.165) is 32.7 Å². The Balaban J connectivity index is 1.80. The van der Waals surface area contributed by atoms with E-state index in [9.17, 15) is 0 Å². The van der Waals surface area contributed by atoms with Crippen LogP contribution in [0.15, 0.2) is 42.6 Å². The third kappa shape index (κ3) is 3.06. The molecule has 4 rings (SSSR count). The number of hydrogen-bond donors (Lipinski definition) is 2. The minimum atomic E-state index is 0.0835. The van der Waals surface area contributed by atoms with Gasteiger partial charge in [-0.1, -0.05) is 6.07 Å². The Bertz CT molecular complexity index is 1040. The third-order valence-electron chi connectivity index (χ3n) is 3.73. The average Bonchev–Trinajstić information content (AvgIpc) is 3.20. The molecule has 0 amide bonds. The summed E-state index contributed by atoms with van der Waals surface area (Å²) in [7, 11) is 0. The predicted octanol–water partition coefficient (Wildman–Crippen LogP) is 4.12. The zero-order valence-corrected chi connectivity index (χ0v) is 14.7. The number of aromatic amines is 1. The average molecular weight is 351 g/mol. The molecule has 0 saturated heterocycles. The Morgan fingerprint density at radius 2 is 2.04 bits per heavy atom. The van der Waals surface area contributed by atoms with E-state index in [0.29, 0.717) is 11.8 Å². The Hall–Kier alpha value is -2.93. The first-order chi connectivity index (χ1) is 12.1. The quantitative estimate of drug-likeness (QED) is 0.577. The first-order valence-corrected chi connectivity index (χ1v) is 8.72. The maximum atomic E-state index is 5.71. The lowest BCUT2D eigenvalue weighted by molar-refractivity contribution is 0.233. The molecule has 6 nitrogen and oxygen atoms in total. The van der Waals surface area contributed by atoms with Gasteiger partial charge in [-0.15, -0.1) is 0 Å². The van der Waals surface area contributed by atoms with Gasteiger partial charge in [0.25, 0.3) is 0 Å². The van der Waals surface area contributed by atoms with Gasteiger partial charge in [-0.3, -0.25) is 0 Å². The van der Waals surface area contributed by atoms with E-state index in [-0.39, 0.29) is 6.10 Å². The van der Waals surface area contributed by atoms with Gasteiger partial charge in [0.2, 0.25) is 11.8 Å². The van der Waals surface area contributed by atoms with E-state index in [2.05, 4.69) is 25.4 Å². The molecule has 0 saturated carbocycles. The van der Waals surface area contributed by atoms with Crippen LogP contribution in [0, 0.1) is 0 Å². The molecule has 126 valence electrons. The van der Waals surface area contributed by atoms with Crippen molar-refractivity contribution in [3.63, 3.8) is 0 Å². The van der Waals surface area contributed by atoms with Crippen LogP contribution < -0.4 is 10.5 Å². The fourth-order valence-corrected chi connectivity index (χ4v) is 3.28. The van der Waals surface area contributed by atoms with Crippen molar-refractivity contribution in [1.82, 2.24) is 19.3 Å². The number of nitrogen functional groups attached to an aromatic ring is 1. The zero-order chi connectivity index (χ0) is 17.4. The van der Waals surface area contributed by atoms with Crippen LogP contribution in [0.25, 0.3) is 32.7 Å². The smallest absolute Gasteiger partial charge is 0.232 e. The Kier molecular flexibility index (Phi) is 3.85. The van der Waals surface area contributed by atoms with Crippen LogP contribution in [0.3, 0.4) is 0 Å². The molecule has 0 spiro atoms. The lowest BCUT2D eigenvalue weighted by atomic mass is 10.1. The normalized spacial score (nSPS) is 11.3. The molecular weight excluding hydrogens is 334 g/mol. The number of nitrogens with two attached hydrogens (primary N) is 1. The number of fused-ring (bicyclic) bond motifs is 1. The summed E-state index contributed by atoms with van der Waals surface area (Å²) in [4.78, 5) is 12.2. The lowest BCUT2D eigenvalue weighted by Gasteiger charge is -2.09. The SMILES string of the molecule is CC(C)Oc1cccc(-c2c[nH]c3ccc(-c4nc(N)ns4)cc23)n1. The lowest BCUT2D eigenvalue weighted by Crippen LogP contribution is -2.06. The second-order valence-corrected chi connectivity index (χ2v) is 6.70. The Morgan fingerprint density at radius 3 is 2.80 bits per heavy atom. The molecule has 0 aliphatic carbocycles. The van der Waals surface area contributed by atoms with Crippen LogP contribution in [-0.4, -0.2) is 25.4 Å². The summed E-state index contributed by atoms with van der Waals surface area (Å²) in [5, 5.41) is 1.87. The highest BCUT2D eigenvalue weighted by Gasteiger charge is 2.12. The molecule has 25 heavy (non-hydrogen) atoms. The van der Waals surface area contributed by atoms with E-state index < -0.39 is 0 Å². The summed E-state index contributed by atoms with van der Waals surface area (Å²) >= 11 is 1.29. The van der Waals surface area contributed by atoms with Gasteiger partial charge in [-0.2, -0.15) is 9.36 Å². The van der Waals surface area contributed by atoms with Crippen LogP contribution in [0.5, 0.6) is 5.88 Å². The minimum absolute atomic E-state index is 0.0835. The van der Waals surface area contributed by atoms with Crippen molar-refractivity contribution in [1.29, 1.82) is 0 Å². The molecule has 0 aliphatic heterocycles. The van der Waals surface area contributed by atoms with Gasteiger partial charge in [0.1, 0.15) is 5.01 Å². The van der Waals surface area contributed by atoms with Gasteiger partial charge in [0.05, 0.1) is 11.8 Å². The van der Waals surface area contributed by atoms with Gasteiger partial charge in [-0.25, -0.2) is 4.98 Å². The van der Waals surface area contributed by atoms with Gasteiger partial charge in [0.15, 0.2) is 0 Å². The van der Waals surface area contributed by atoms with E-state index >= 15 is 0 Å². The largest absolute Gasteiger partial charge is 0.475 e. The number of rotatable bonds is 4. The molecule has 0 bridgehead atoms. The highest BCUT2D eigenvalue weighted by molar-refractivity contribution is 7.09. The number of benzene rings is 1. The molecule has 0 fully saturated rings. The maximum Gasteiger partial charge on any atom is 0.232 e. The monoisotopic (exact) mass is 351 g/mol. The van der Waals surface area contributed by atoms with Gasteiger partial charge in [-0.05, 0) is 49.6 Å². The second kappa shape index (κ2) is 6.18. The fraction of sp³-hybridized carbons (Fsp3) is 0.167. The molecule has 3 heterocycles. The molecule has 3 aromatic heterocycles. The standard InChI is InChI=1S/C18H17N5OS/c1-10(2)24-16-5-3-4-15(21-16)13-9-20-14-7-6-11(8-12(13)14)17-22-18(19)23-25-17/h3-10,20H,1-2H3,(H2,19,23). The first kappa shape index (κ1) is 15.6. The summed E-state index contributed by atoms with van der Waals surface area (Å²) in [5.41, 5.74) is 9.54. The van der Waals surface area contributed by atoms with Crippen LogP contribution in [0.4, 0.5) is 5.95 Å². The molecule has 4 aromatic rings. The van der Waals surface area contributed by atoms with Crippen molar-refractivity contribution in [2.45, 2.75) is 20.0 Å². The number of pyridine rings is 1. The number of aromatic nitrogens is 4. The highest BCUT2D eigenvalue weighted by Crippen LogP contribution is 2.32. The molecule has 0 atom stereocenters. The summed E-state index contributed by atoms with van der Waals surface area (Å²) in [6.45, 7) is 3.97. The number of hydrogen-bond acceptors (Lipinski definition) is 6. The number of nitrogens with zero attached hydrogens (tertiary/aromatic N) is 3. The van der Waals surface area contributed by atoms with E-state index in [1.54, 1.807) is 0 Å². The van der Waals surface area contributed by atoms with Crippen LogP contribution in [-0.2, 0) is 0 Å². The fourth-order valence-electron chi connectivity index (χ4n) is 2.69. The van der Waals surface area contributed by atoms with Gasteiger partial charge < -0.3 is 15.5 Å². The van der Waals surface area contributed by atoms with Gasteiger partial charge >= 0.3 is 0 Å². The summed E-state index contributed by atoms with van der Waals surface area (Å²) in [6.07, 6.45) is 2.05. The molecule has 1 aromatic carbocycles. The van der Waals surface area contributed by atoms with Crippen molar-refractivity contribution >= 4 is 28.4 Å². The van der Waals surface area contributed by atoms with Crippen LogP contribution >= 0.6 is 11.5 Å². The van der Waals surface area contributed by atoms with E-state index in [1.165, 1.54) is 11.5 Å². The van der Waals surface area contributed by atoms with Crippen molar-refractivity contribution in [3.8, 4) is 27.7 Å². The topological polar surface area (TPSA) is 89.7 Å². The summed E-state index contributed by atoms with van der Waals surface area (Å²) < 4.78 is 9.76. The molecule has 0 aliphatic rings. The number of ether oxygens (including phenoxy) is 1. The van der Waals surface area contributed by atoms with Crippen LogP contribution in [0.1, 0.15) is 13.8 Å². The van der Waals surface area contributed by atoms with Crippen molar-refractivity contribution in [2.24, 2.45) is 0 Å². The van der Waals surface area contributed by atoms with Crippen molar-refractivity contribution in [3.05, 3.63) is 42.6 Å². The molecular formula is C18H17N5OS. The summed E-state index contributed by atoms with van der Waals surface area (Å²) in [6, 6.07) is 11.9. The maximum absolute atomic E-state index is 5.71. The van der Waals surface area contributed by atoms with Crippen LogP contribution in [0.2, 0.25) is 0 Å². The first-order valence-electron chi connectivity index (χ1n) is 7.95. The minimum Gasteiger partial charge on any atom is -0.475 e. The predicted molar refractivity (Wildman–Crippen MR) is 101 cm³/mol. The highest BCUT2D eigenvalue weighted by atomic mass is 32.1. The molecule has 7 heteroatoms. The summed E-state index contributed by atoms with van der Waals surface area (Å²) in [5.74, 6) is 0.921. The molecule has 0 unspecified atom stereocenters. The Labute approximate surface area is 148 Å². The molecule has 0 radical (unpaired) electrons. The number of nitrogens with one attached hydrogen (secondary N) is 1. The van der Waals surface area contributed by atoms with Crippen molar-refractivity contribution in [2.75, 3.05) is 5.73 Å². The van der Waals surface area contributed by atoms with E-state index in [1.807, 2.05) is 50.4 Å². The molecule has 3 N–H and O–H groups in total.